The van der Waals surface area contributed by atoms with Crippen LogP contribution in [0.3, 0.4) is 0 Å². The van der Waals surface area contributed by atoms with E-state index in [1.165, 1.54) is 0 Å². The van der Waals surface area contributed by atoms with Crippen LogP contribution in [0, 0.1) is 0 Å². The highest BCUT2D eigenvalue weighted by atomic mass is 16.5. The molecule has 7 heteroatoms. The molecule has 1 saturated heterocycles. The Kier molecular flexibility index (Phi) is 7.97. The number of aryl methyl sites for hydroxylation is 1. The number of rotatable bonds is 9. The summed E-state index contributed by atoms with van der Waals surface area (Å²) in [6.45, 7) is 1.30. The number of nitrogens with one attached hydrogen (secondary N) is 3. The first kappa shape index (κ1) is 21.5. The number of carbonyl (C=O) groups excluding carboxylic acids is 3. The number of amides is 3. The van der Waals surface area contributed by atoms with Crippen molar-refractivity contribution in [1.29, 1.82) is 0 Å². The third-order valence-electron chi connectivity index (χ3n) is 4.85. The van der Waals surface area contributed by atoms with Gasteiger partial charge in [0, 0.05) is 37.4 Å². The van der Waals surface area contributed by atoms with E-state index >= 15 is 0 Å². The monoisotopic (exact) mass is 409 g/mol. The van der Waals surface area contributed by atoms with Gasteiger partial charge in [0.25, 0.3) is 5.91 Å². The maximum atomic E-state index is 12.2. The Labute approximate surface area is 176 Å². The number of anilines is 1. The molecule has 0 spiro atoms. The van der Waals surface area contributed by atoms with E-state index in [4.69, 9.17) is 4.74 Å². The zero-order valence-corrected chi connectivity index (χ0v) is 16.9. The minimum Gasteiger partial charge on any atom is -0.368 e. The molecular weight excluding hydrogens is 382 g/mol. The molecule has 1 unspecified atom stereocenters. The van der Waals surface area contributed by atoms with Gasteiger partial charge in [-0.25, -0.2) is 0 Å². The van der Waals surface area contributed by atoms with Gasteiger partial charge in [0.1, 0.15) is 6.10 Å². The van der Waals surface area contributed by atoms with E-state index in [1.54, 1.807) is 24.3 Å². The summed E-state index contributed by atoms with van der Waals surface area (Å²) in [5, 5.41) is 8.36. The Balaban J connectivity index is 1.36. The van der Waals surface area contributed by atoms with Crippen LogP contribution in [0.1, 0.15) is 35.2 Å². The molecule has 0 saturated carbocycles. The molecule has 3 N–H and O–H groups in total. The minimum atomic E-state index is -0.365. The summed E-state index contributed by atoms with van der Waals surface area (Å²) in [5.41, 5.74) is 2.25. The maximum absolute atomic E-state index is 12.2. The lowest BCUT2D eigenvalue weighted by molar-refractivity contribution is -0.130. The summed E-state index contributed by atoms with van der Waals surface area (Å²) in [4.78, 5) is 36.1. The van der Waals surface area contributed by atoms with Gasteiger partial charge in [0.15, 0.2) is 0 Å². The minimum absolute atomic E-state index is 0.0713. The summed E-state index contributed by atoms with van der Waals surface area (Å²) >= 11 is 0. The molecule has 158 valence electrons. The van der Waals surface area contributed by atoms with Crippen LogP contribution in [0.4, 0.5) is 5.69 Å². The van der Waals surface area contributed by atoms with Gasteiger partial charge in [-0.1, -0.05) is 30.3 Å². The second-order valence-electron chi connectivity index (χ2n) is 7.16. The summed E-state index contributed by atoms with van der Waals surface area (Å²) in [7, 11) is 0. The molecule has 1 aliphatic rings. The van der Waals surface area contributed by atoms with Gasteiger partial charge in [0.2, 0.25) is 11.8 Å². The predicted octanol–water partition coefficient (Wildman–Crippen LogP) is 2.28. The molecule has 3 rings (SSSR count). The summed E-state index contributed by atoms with van der Waals surface area (Å²) in [6.07, 6.45) is 2.35. The van der Waals surface area contributed by atoms with Crippen molar-refractivity contribution in [2.75, 3.05) is 25.0 Å². The molecule has 7 nitrogen and oxygen atoms in total. The lowest BCUT2D eigenvalue weighted by atomic mass is 10.1. The molecule has 2 aromatic carbocycles. The maximum Gasteiger partial charge on any atom is 0.251 e. The molecule has 1 fully saturated rings. The van der Waals surface area contributed by atoms with Gasteiger partial charge in [-0.15, -0.1) is 0 Å². The van der Waals surface area contributed by atoms with E-state index < -0.39 is 0 Å². The van der Waals surface area contributed by atoms with Gasteiger partial charge < -0.3 is 20.7 Å². The molecule has 3 amide bonds. The Morgan fingerprint density at radius 1 is 0.933 bits per heavy atom. The number of hydrogen-bond donors (Lipinski definition) is 3. The summed E-state index contributed by atoms with van der Waals surface area (Å²) in [5.74, 6) is -0.435. The van der Waals surface area contributed by atoms with Gasteiger partial charge in [0.05, 0.1) is 0 Å². The molecule has 1 heterocycles. The first-order valence-corrected chi connectivity index (χ1v) is 10.2. The van der Waals surface area contributed by atoms with Gasteiger partial charge in [-0.2, -0.15) is 0 Å². The van der Waals surface area contributed by atoms with Crippen molar-refractivity contribution >= 4 is 23.4 Å². The number of benzene rings is 2. The Morgan fingerprint density at radius 2 is 1.67 bits per heavy atom. The van der Waals surface area contributed by atoms with Crippen LogP contribution in [0.15, 0.2) is 54.6 Å². The van der Waals surface area contributed by atoms with Crippen molar-refractivity contribution in [2.24, 2.45) is 0 Å². The fraction of sp³-hybridized carbons (Fsp3) is 0.348. The van der Waals surface area contributed by atoms with Gasteiger partial charge in [-0.05, 0) is 49.1 Å². The standard InChI is InChI=1S/C23H27N3O4/c27-21(13-8-17-5-2-1-3-6-17)26-19-11-9-18(10-12-19)22(28)24-14-15-25-23(29)20-7-4-16-30-20/h1-3,5-6,9-12,20H,4,7-8,13-16H2,(H,24,28)(H,25,29)(H,26,27). The fourth-order valence-corrected chi connectivity index (χ4v) is 3.19. The van der Waals surface area contributed by atoms with Crippen molar-refractivity contribution in [2.45, 2.75) is 31.8 Å². The SMILES string of the molecule is O=C(CCc1ccccc1)Nc1ccc(C(=O)NCCNC(=O)C2CCCO2)cc1. The van der Waals surface area contributed by atoms with Crippen LogP contribution in [-0.2, 0) is 20.7 Å². The average molecular weight is 409 g/mol. The highest BCUT2D eigenvalue weighted by Gasteiger charge is 2.22. The van der Waals surface area contributed by atoms with E-state index in [2.05, 4.69) is 16.0 Å². The van der Waals surface area contributed by atoms with Gasteiger partial charge >= 0.3 is 0 Å². The Hall–Kier alpha value is -3.19. The topological polar surface area (TPSA) is 96.5 Å². The molecule has 1 atom stereocenters. The van der Waals surface area contributed by atoms with Crippen molar-refractivity contribution in [3.05, 3.63) is 65.7 Å². The van der Waals surface area contributed by atoms with E-state index in [-0.39, 0.29) is 23.8 Å². The van der Waals surface area contributed by atoms with Gasteiger partial charge in [-0.3, -0.25) is 14.4 Å². The van der Waals surface area contributed by atoms with Crippen molar-refractivity contribution in [1.82, 2.24) is 10.6 Å². The highest BCUT2D eigenvalue weighted by Crippen LogP contribution is 2.12. The summed E-state index contributed by atoms with van der Waals surface area (Å²) in [6, 6.07) is 16.6. The smallest absolute Gasteiger partial charge is 0.251 e. The summed E-state index contributed by atoms with van der Waals surface area (Å²) < 4.78 is 5.31. The molecule has 2 aromatic rings. The van der Waals surface area contributed by atoms with Crippen molar-refractivity contribution < 1.29 is 19.1 Å². The third kappa shape index (κ3) is 6.70. The van der Waals surface area contributed by atoms with Crippen LogP contribution < -0.4 is 16.0 Å². The van der Waals surface area contributed by atoms with E-state index in [0.29, 0.717) is 43.8 Å². The largest absolute Gasteiger partial charge is 0.368 e. The van der Waals surface area contributed by atoms with Crippen LogP contribution in [0.25, 0.3) is 0 Å². The zero-order valence-electron chi connectivity index (χ0n) is 16.9. The molecule has 0 aromatic heterocycles. The number of carbonyl (C=O) groups is 3. The van der Waals surface area contributed by atoms with E-state index in [0.717, 1.165) is 18.4 Å². The van der Waals surface area contributed by atoms with Crippen LogP contribution in [0.5, 0.6) is 0 Å². The number of hydrogen-bond acceptors (Lipinski definition) is 4. The first-order valence-electron chi connectivity index (χ1n) is 10.2. The molecule has 0 radical (unpaired) electrons. The second kappa shape index (κ2) is 11.1. The fourth-order valence-electron chi connectivity index (χ4n) is 3.19. The lowest BCUT2D eigenvalue weighted by Crippen LogP contribution is -2.39. The van der Waals surface area contributed by atoms with Crippen LogP contribution in [0.2, 0.25) is 0 Å². The zero-order chi connectivity index (χ0) is 21.2. The normalized spacial score (nSPS) is 15.4. The molecule has 1 aliphatic heterocycles. The highest BCUT2D eigenvalue weighted by molar-refractivity contribution is 5.95. The number of ether oxygens (including phenoxy) is 1. The Bertz CT molecular complexity index is 847. The van der Waals surface area contributed by atoms with Crippen LogP contribution in [-0.4, -0.2) is 43.5 Å². The lowest BCUT2D eigenvalue weighted by Gasteiger charge is -2.11. The van der Waals surface area contributed by atoms with Crippen molar-refractivity contribution in [3.63, 3.8) is 0 Å². The van der Waals surface area contributed by atoms with E-state index in [9.17, 15) is 14.4 Å². The predicted molar refractivity (Wildman–Crippen MR) is 114 cm³/mol. The Morgan fingerprint density at radius 3 is 2.37 bits per heavy atom. The molecule has 0 bridgehead atoms. The molecule has 30 heavy (non-hydrogen) atoms. The molecule has 0 aliphatic carbocycles. The quantitative estimate of drug-likeness (QED) is 0.554. The average Bonchev–Trinajstić information content (AvgIpc) is 3.31. The van der Waals surface area contributed by atoms with Crippen LogP contribution >= 0.6 is 0 Å². The third-order valence-corrected chi connectivity index (χ3v) is 4.85. The first-order chi connectivity index (χ1) is 14.6. The van der Waals surface area contributed by atoms with Crippen molar-refractivity contribution in [3.8, 4) is 0 Å². The van der Waals surface area contributed by atoms with E-state index in [1.807, 2.05) is 30.3 Å². The second-order valence-corrected chi connectivity index (χ2v) is 7.16. The molecular formula is C23H27N3O4.